The zero-order chi connectivity index (χ0) is 20.2. The highest BCUT2D eigenvalue weighted by molar-refractivity contribution is 5.89. The van der Waals surface area contributed by atoms with E-state index < -0.39 is 0 Å². The van der Waals surface area contributed by atoms with Crippen LogP contribution >= 0.6 is 0 Å². The first-order valence-electron chi connectivity index (χ1n) is 9.91. The van der Waals surface area contributed by atoms with Gasteiger partial charge in [-0.05, 0) is 48.6 Å². The van der Waals surface area contributed by atoms with Gasteiger partial charge in [0.25, 0.3) is 0 Å². The van der Waals surface area contributed by atoms with Crippen LogP contribution in [0.15, 0.2) is 67.3 Å². The number of rotatable bonds is 5. The molecule has 1 aliphatic rings. The van der Waals surface area contributed by atoms with Gasteiger partial charge < -0.3 is 19.9 Å². The largest absolute Gasteiger partial charge is 0.377 e. The normalized spacial score (nSPS) is 19.2. The minimum Gasteiger partial charge on any atom is -0.377 e. The Morgan fingerprint density at radius 1 is 1.24 bits per heavy atom. The fraction of sp³-hybridized carbons (Fsp3) is 0.304. The van der Waals surface area contributed by atoms with Crippen molar-refractivity contribution in [3.63, 3.8) is 0 Å². The van der Waals surface area contributed by atoms with E-state index in [0.29, 0.717) is 0 Å². The van der Waals surface area contributed by atoms with E-state index >= 15 is 0 Å². The number of nitrogens with zero attached hydrogens (tertiary/aromatic N) is 2. The highest BCUT2D eigenvalue weighted by Crippen LogP contribution is 2.37. The summed E-state index contributed by atoms with van der Waals surface area (Å²) < 4.78 is 7.46. The number of hydrogen-bond donors (Lipinski definition) is 2. The Hall–Kier alpha value is -3.12. The summed E-state index contributed by atoms with van der Waals surface area (Å²) >= 11 is 0. The summed E-state index contributed by atoms with van der Waals surface area (Å²) in [5, 5.41) is 6.17. The lowest BCUT2D eigenvalue weighted by Crippen LogP contribution is -2.39. The molecule has 29 heavy (non-hydrogen) atoms. The zero-order valence-electron chi connectivity index (χ0n) is 16.7. The molecular weight excluding hydrogens is 364 g/mol. The molecule has 0 aliphatic heterocycles. The molecule has 0 radical (unpaired) electrons. The number of benzene rings is 2. The van der Waals surface area contributed by atoms with Gasteiger partial charge in [-0.25, -0.2) is 9.78 Å². The Bertz CT molecular complexity index is 971. The van der Waals surface area contributed by atoms with Crippen molar-refractivity contribution in [1.29, 1.82) is 0 Å². The van der Waals surface area contributed by atoms with Crippen molar-refractivity contribution in [3.8, 4) is 0 Å². The number of anilines is 1. The number of urea groups is 1. The maximum atomic E-state index is 12.9. The lowest BCUT2D eigenvalue weighted by molar-refractivity contribution is 0.119. The predicted octanol–water partition coefficient (Wildman–Crippen LogP) is 4.64. The van der Waals surface area contributed by atoms with Gasteiger partial charge in [-0.2, -0.15) is 0 Å². The number of hydrogen-bond acceptors (Lipinski definition) is 3. The first-order valence-corrected chi connectivity index (χ1v) is 9.91. The van der Waals surface area contributed by atoms with Crippen LogP contribution in [-0.4, -0.2) is 22.7 Å². The molecule has 3 atom stereocenters. The number of ether oxygens (including phenoxy) is 1. The lowest BCUT2D eigenvalue weighted by atomic mass is 9.84. The molecule has 150 valence electrons. The first kappa shape index (κ1) is 19.2. The molecular formula is C23H26N4O2. The van der Waals surface area contributed by atoms with Crippen molar-refractivity contribution in [2.24, 2.45) is 0 Å². The number of imidazole rings is 1. The van der Waals surface area contributed by atoms with Gasteiger partial charge in [-0.15, -0.1) is 0 Å². The number of fused-ring (bicyclic) bond motifs is 1. The summed E-state index contributed by atoms with van der Waals surface area (Å²) in [6.07, 6.45) is 7.45. The molecule has 1 aliphatic carbocycles. The van der Waals surface area contributed by atoms with Crippen LogP contribution in [0.25, 0.3) is 0 Å². The Balaban J connectivity index is 1.55. The SMILES string of the molecule is CO[C@H](C)c1cccc(NC(=O)N[C@@H]2c3ccccc3CC[C@@H]2n2ccnc2)c1. The molecule has 6 nitrogen and oxygen atoms in total. The number of amides is 2. The van der Waals surface area contributed by atoms with E-state index in [2.05, 4.69) is 38.4 Å². The topological polar surface area (TPSA) is 68.2 Å². The quantitative estimate of drug-likeness (QED) is 0.667. The van der Waals surface area contributed by atoms with Crippen LogP contribution in [0.2, 0.25) is 0 Å². The molecule has 2 N–H and O–H groups in total. The molecule has 6 heteroatoms. The Morgan fingerprint density at radius 2 is 2.10 bits per heavy atom. The summed E-state index contributed by atoms with van der Waals surface area (Å²) in [6, 6.07) is 15.8. The van der Waals surface area contributed by atoms with Gasteiger partial charge in [0.1, 0.15) is 0 Å². The summed E-state index contributed by atoms with van der Waals surface area (Å²) in [5.41, 5.74) is 4.20. The molecule has 0 saturated carbocycles. The van der Waals surface area contributed by atoms with E-state index in [9.17, 15) is 4.79 Å². The van der Waals surface area contributed by atoms with Gasteiger partial charge in [0.2, 0.25) is 0 Å². The van der Waals surface area contributed by atoms with Gasteiger partial charge in [0.05, 0.1) is 24.5 Å². The summed E-state index contributed by atoms with van der Waals surface area (Å²) in [5.74, 6) is 0. The minimum atomic E-state index is -0.223. The van der Waals surface area contributed by atoms with Crippen LogP contribution < -0.4 is 10.6 Å². The maximum Gasteiger partial charge on any atom is 0.319 e. The Kier molecular flexibility index (Phi) is 5.62. The van der Waals surface area contributed by atoms with Crippen molar-refractivity contribution in [3.05, 3.63) is 83.9 Å². The Labute approximate surface area is 170 Å². The van der Waals surface area contributed by atoms with Crippen LogP contribution in [-0.2, 0) is 11.2 Å². The van der Waals surface area contributed by atoms with Crippen molar-refractivity contribution in [2.75, 3.05) is 12.4 Å². The smallest absolute Gasteiger partial charge is 0.319 e. The van der Waals surface area contributed by atoms with E-state index in [1.54, 1.807) is 13.3 Å². The molecule has 1 aromatic heterocycles. The van der Waals surface area contributed by atoms with Crippen LogP contribution in [0, 0.1) is 0 Å². The fourth-order valence-corrected chi connectivity index (χ4v) is 4.02. The third-order valence-corrected chi connectivity index (χ3v) is 5.65. The maximum absolute atomic E-state index is 12.9. The summed E-state index contributed by atoms with van der Waals surface area (Å²) in [4.78, 5) is 17.1. The average molecular weight is 390 g/mol. The van der Waals surface area contributed by atoms with Gasteiger partial charge in [0.15, 0.2) is 0 Å². The number of aromatic nitrogens is 2. The average Bonchev–Trinajstić information content (AvgIpc) is 3.28. The second-order valence-corrected chi connectivity index (χ2v) is 7.39. The summed E-state index contributed by atoms with van der Waals surface area (Å²) in [7, 11) is 1.67. The molecule has 2 amide bonds. The van der Waals surface area contributed by atoms with E-state index in [-0.39, 0.29) is 24.2 Å². The molecule has 3 aromatic rings. The van der Waals surface area contributed by atoms with Gasteiger partial charge >= 0.3 is 6.03 Å². The number of carbonyl (C=O) groups excluding carboxylic acids is 1. The molecule has 1 heterocycles. The number of methoxy groups -OCH3 is 1. The van der Waals surface area contributed by atoms with Crippen LogP contribution in [0.5, 0.6) is 0 Å². The van der Waals surface area contributed by atoms with Crippen molar-refractivity contribution in [2.45, 2.75) is 38.0 Å². The lowest BCUT2D eigenvalue weighted by Gasteiger charge is -2.35. The molecule has 0 spiro atoms. The van der Waals surface area contributed by atoms with Crippen LogP contribution in [0.1, 0.15) is 48.2 Å². The second kappa shape index (κ2) is 8.49. The Morgan fingerprint density at radius 3 is 2.90 bits per heavy atom. The van der Waals surface area contributed by atoms with Crippen molar-refractivity contribution >= 4 is 11.7 Å². The van der Waals surface area contributed by atoms with E-state index in [1.165, 1.54) is 5.56 Å². The van der Waals surface area contributed by atoms with Gasteiger partial charge in [-0.1, -0.05) is 36.4 Å². The van der Waals surface area contributed by atoms with Crippen molar-refractivity contribution in [1.82, 2.24) is 14.9 Å². The van der Waals surface area contributed by atoms with E-state index in [4.69, 9.17) is 4.74 Å². The molecule has 0 saturated heterocycles. The molecule has 2 aromatic carbocycles. The summed E-state index contributed by atoms with van der Waals surface area (Å²) in [6.45, 7) is 1.98. The number of carbonyl (C=O) groups is 1. The zero-order valence-corrected chi connectivity index (χ0v) is 16.7. The highest BCUT2D eigenvalue weighted by atomic mass is 16.5. The van der Waals surface area contributed by atoms with E-state index in [0.717, 1.165) is 29.7 Å². The molecule has 0 bridgehead atoms. The fourth-order valence-electron chi connectivity index (χ4n) is 4.02. The van der Waals surface area contributed by atoms with E-state index in [1.807, 2.05) is 49.8 Å². The van der Waals surface area contributed by atoms with Crippen LogP contribution in [0.4, 0.5) is 10.5 Å². The van der Waals surface area contributed by atoms with Gasteiger partial charge in [0, 0.05) is 25.2 Å². The standard InChI is InChI=1S/C23H26N4O2/c1-16(29-2)18-7-5-8-19(14-18)25-23(28)26-22-20-9-4-3-6-17(20)10-11-21(22)27-13-12-24-15-27/h3-9,12-16,21-22H,10-11H2,1-2H3,(H2,25,26,28)/t16-,21+,22-/m1/s1. The molecule has 0 fully saturated rings. The highest BCUT2D eigenvalue weighted by Gasteiger charge is 2.31. The van der Waals surface area contributed by atoms with Gasteiger partial charge in [-0.3, -0.25) is 0 Å². The number of nitrogens with one attached hydrogen (secondary N) is 2. The molecule has 4 rings (SSSR count). The molecule has 0 unspecified atom stereocenters. The third-order valence-electron chi connectivity index (χ3n) is 5.65. The monoisotopic (exact) mass is 390 g/mol. The second-order valence-electron chi connectivity index (χ2n) is 7.39. The first-order chi connectivity index (χ1) is 14.2. The van der Waals surface area contributed by atoms with Crippen molar-refractivity contribution < 1.29 is 9.53 Å². The van der Waals surface area contributed by atoms with Crippen LogP contribution in [0.3, 0.4) is 0 Å². The third kappa shape index (κ3) is 4.17. The predicted molar refractivity (Wildman–Crippen MR) is 113 cm³/mol. The number of aryl methyl sites for hydroxylation is 1. The minimum absolute atomic E-state index is 0.0318.